The van der Waals surface area contributed by atoms with Gasteiger partial charge in [-0.3, -0.25) is 0 Å². The van der Waals surface area contributed by atoms with Crippen LogP contribution in [0.2, 0.25) is 0 Å². The molecule has 0 radical (unpaired) electrons. The van der Waals surface area contributed by atoms with Gasteiger partial charge in [-0.15, -0.1) is 0 Å². The Hall–Kier alpha value is -2.36. The minimum Gasteiger partial charge on any atom is -0.504 e. The van der Waals surface area contributed by atoms with E-state index in [-0.39, 0.29) is 12.2 Å². The molecule has 1 rings (SSSR count). The first-order valence-corrected chi connectivity index (χ1v) is 4.89. The van der Waals surface area contributed by atoms with E-state index in [9.17, 15) is 18.7 Å². The van der Waals surface area contributed by atoms with Crippen LogP contribution in [0.3, 0.4) is 0 Å². The Kier molecular flexibility index (Phi) is 4.43. The molecule has 0 saturated carbocycles. The van der Waals surface area contributed by atoms with Crippen molar-refractivity contribution in [3.05, 3.63) is 23.3 Å². The van der Waals surface area contributed by atoms with Gasteiger partial charge in [0.05, 0.1) is 12.2 Å². The fourth-order valence-electron chi connectivity index (χ4n) is 1.27. The molecule has 0 amide bonds. The highest BCUT2D eigenvalue weighted by molar-refractivity contribution is 5.96. The summed E-state index contributed by atoms with van der Waals surface area (Å²) in [6, 6.07) is 3.71. The van der Waals surface area contributed by atoms with Gasteiger partial charge < -0.3 is 14.6 Å². The van der Waals surface area contributed by atoms with E-state index in [4.69, 9.17) is 5.26 Å². The standard InChI is InChI=1S/C11H9F2NO4/c1-2-17-10(16)8-6(5-14)3-4-7(9(8)15)18-11(12)13/h3-4,11,15H,2H2,1H3. The average Bonchev–Trinajstić information content (AvgIpc) is 2.31. The third kappa shape index (κ3) is 2.85. The van der Waals surface area contributed by atoms with Crippen LogP contribution in [0, 0.1) is 11.3 Å². The molecule has 0 atom stereocenters. The quantitative estimate of drug-likeness (QED) is 0.835. The van der Waals surface area contributed by atoms with E-state index in [1.54, 1.807) is 6.07 Å². The lowest BCUT2D eigenvalue weighted by molar-refractivity contribution is -0.0513. The van der Waals surface area contributed by atoms with Crippen molar-refractivity contribution >= 4 is 5.97 Å². The molecule has 96 valence electrons. The fourth-order valence-corrected chi connectivity index (χ4v) is 1.27. The summed E-state index contributed by atoms with van der Waals surface area (Å²) in [6.45, 7) is -1.61. The third-order valence-electron chi connectivity index (χ3n) is 1.96. The van der Waals surface area contributed by atoms with Crippen molar-refractivity contribution in [2.75, 3.05) is 6.61 Å². The van der Waals surface area contributed by atoms with Crippen LogP contribution in [-0.2, 0) is 4.74 Å². The van der Waals surface area contributed by atoms with Crippen LogP contribution in [0.4, 0.5) is 8.78 Å². The molecule has 7 heteroatoms. The van der Waals surface area contributed by atoms with Gasteiger partial charge in [0.25, 0.3) is 0 Å². The van der Waals surface area contributed by atoms with Gasteiger partial charge in [0, 0.05) is 0 Å². The number of halogens is 2. The number of esters is 1. The molecule has 0 aliphatic heterocycles. The molecule has 0 unspecified atom stereocenters. The maximum Gasteiger partial charge on any atom is 0.387 e. The zero-order valence-electron chi connectivity index (χ0n) is 9.31. The number of nitriles is 1. The van der Waals surface area contributed by atoms with E-state index in [1.165, 1.54) is 6.92 Å². The number of hydrogen-bond donors (Lipinski definition) is 1. The van der Waals surface area contributed by atoms with Gasteiger partial charge in [-0.25, -0.2) is 4.79 Å². The van der Waals surface area contributed by atoms with E-state index in [2.05, 4.69) is 9.47 Å². The largest absolute Gasteiger partial charge is 0.504 e. The minimum absolute atomic E-state index is 0.0169. The summed E-state index contributed by atoms with van der Waals surface area (Å²) < 4.78 is 32.7. The van der Waals surface area contributed by atoms with E-state index in [0.717, 1.165) is 12.1 Å². The van der Waals surface area contributed by atoms with Crippen LogP contribution in [0.1, 0.15) is 22.8 Å². The molecule has 0 aliphatic carbocycles. The second kappa shape index (κ2) is 5.82. The first-order valence-electron chi connectivity index (χ1n) is 4.89. The highest BCUT2D eigenvalue weighted by atomic mass is 19.3. The summed E-state index contributed by atoms with van der Waals surface area (Å²) in [5, 5.41) is 18.4. The van der Waals surface area contributed by atoms with Crippen molar-refractivity contribution in [2.24, 2.45) is 0 Å². The number of carbonyl (C=O) groups excluding carboxylic acids is 1. The molecule has 0 aromatic heterocycles. The van der Waals surface area contributed by atoms with Crippen LogP contribution in [0.5, 0.6) is 11.5 Å². The molecule has 18 heavy (non-hydrogen) atoms. The number of aromatic hydroxyl groups is 1. The Bertz CT molecular complexity index is 497. The monoisotopic (exact) mass is 257 g/mol. The maximum atomic E-state index is 12.0. The summed E-state index contributed by atoms with van der Waals surface area (Å²) in [5.41, 5.74) is -0.676. The van der Waals surface area contributed by atoms with E-state index >= 15 is 0 Å². The second-order valence-electron chi connectivity index (χ2n) is 3.05. The van der Waals surface area contributed by atoms with Crippen molar-refractivity contribution in [2.45, 2.75) is 13.5 Å². The van der Waals surface area contributed by atoms with Gasteiger partial charge in [0.2, 0.25) is 0 Å². The molecule has 1 aromatic carbocycles. The Balaban J connectivity index is 3.28. The zero-order chi connectivity index (χ0) is 13.7. The average molecular weight is 257 g/mol. The summed E-state index contributed by atoms with van der Waals surface area (Å²) in [6.07, 6.45) is 0. The topological polar surface area (TPSA) is 79.6 Å². The summed E-state index contributed by atoms with van der Waals surface area (Å²) in [5.74, 6) is -2.41. The molecule has 1 N–H and O–H groups in total. The summed E-state index contributed by atoms with van der Waals surface area (Å²) >= 11 is 0. The molecule has 0 aliphatic rings. The first-order chi connectivity index (χ1) is 8.51. The number of phenolic OH excluding ortho intramolecular Hbond substituents is 1. The van der Waals surface area contributed by atoms with Gasteiger partial charge >= 0.3 is 12.6 Å². The zero-order valence-corrected chi connectivity index (χ0v) is 9.31. The van der Waals surface area contributed by atoms with Crippen LogP contribution < -0.4 is 4.74 Å². The lowest BCUT2D eigenvalue weighted by Gasteiger charge is -2.11. The van der Waals surface area contributed by atoms with Crippen LogP contribution in [0.15, 0.2) is 12.1 Å². The summed E-state index contributed by atoms with van der Waals surface area (Å²) in [4.78, 5) is 11.5. The lowest BCUT2D eigenvalue weighted by Crippen LogP contribution is -2.09. The van der Waals surface area contributed by atoms with Crippen molar-refractivity contribution < 1.29 is 28.2 Å². The Morgan fingerprint density at radius 3 is 2.72 bits per heavy atom. The second-order valence-corrected chi connectivity index (χ2v) is 3.05. The molecule has 0 saturated heterocycles. The van der Waals surface area contributed by atoms with Crippen LogP contribution in [-0.4, -0.2) is 24.3 Å². The van der Waals surface area contributed by atoms with Gasteiger partial charge in [0.15, 0.2) is 11.5 Å². The van der Waals surface area contributed by atoms with Crippen LogP contribution >= 0.6 is 0 Å². The Morgan fingerprint density at radius 2 is 2.22 bits per heavy atom. The number of ether oxygens (including phenoxy) is 2. The van der Waals surface area contributed by atoms with Gasteiger partial charge in [-0.05, 0) is 19.1 Å². The predicted molar refractivity (Wildman–Crippen MR) is 55.4 cm³/mol. The van der Waals surface area contributed by atoms with E-state index in [0.29, 0.717) is 0 Å². The molecule has 1 aromatic rings. The maximum absolute atomic E-state index is 12.0. The Morgan fingerprint density at radius 1 is 1.56 bits per heavy atom. The number of carbonyl (C=O) groups is 1. The molecule has 0 spiro atoms. The predicted octanol–water partition coefficient (Wildman–Crippen LogP) is 2.04. The first kappa shape index (κ1) is 13.7. The third-order valence-corrected chi connectivity index (χ3v) is 1.96. The van der Waals surface area contributed by atoms with Gasteiger partial charge in [-0.2, -0.15) is 14.0 Å². The number of nitrogens with zero attached hydrogens (tertiary/aromatic N) is 1. The van der Waals surface area contributed by atoms with E-state index < -0.39 is 29.6 Å². The van der Waals surface area contributed by atoms with Crippen molar-refractivity contribution in [3.63, 3.8) is 0 Å². The number of phenols is 1. The van der Waals surface area contributed by atoms with Crippen molar-refractivity contribution in [3.8, 4) is 17.6 Å². The molecular weight excluding hydrogens is 248 g/mol. The van der Waals surface area contributed by atoms with Crippen molar-refractivity contribution in [1.29, 1.82) is 5.26 Å². The molecule has 0 fully saturated rings. The van der Waals surface area contributed by atoms with Gasteiger partial charge in [0.1, 0.15) is 11.6 Å². The van der Waals surface area contributed by atoms with Gasteiger partial charge in [-0.1, -0.05) is 0 Å². The number of rotatable bonds is 4. The molecule has 0 heterocycles. The normalized spacial score (nSPS) is 9.94. The number of alkyl halides is 2. The number of hydrogen-bond acceptors (Lipinski definition) is 5. The lowest BCUT2D eigenvalue weighted by atomic mass is 10.1. The Labute approximate surface area is 101 Å². The summed E-state index contributed by atoms with van der Waals surface area (Å²) in [7, 11) is 0. The SMILES string of the molecule is CCOC(=O)c1c(C#N)ccc(OC(F)F)c1O. The fraction of sp³-hybridized carbons (Fsp3) is 0.273. The highest BCUT2D eigenvalue weighted by Gasteiger charge is 2.22. The molecular formula is C11H9F2NO4. The smallest absolute Gasteiger partial charge is 0.387 e. The van der Waals surface area contributed by atoms with Crippen LogP contribution in [0.25, 0.3) is 0 Å². The molecule has 5 nitrogen and oxygen atoms in total. The number of benzene rings is 1. The molecule has 0 bridgehead atoms. The van der Waals surface area contributed by atoms with E-state index in [1.807, 2.05) is 0 Å². The minimum atomic E-state index is -3.15. The highest BCUT2D eigenvalue weighted by Crippen LogP contribution is 2.33. The van der Waals surface area contributed by atoms with Crippen molar-refractivity contribution in [1.82, 2.24) is 0 Å².